The number of hydrogen-bond acceptors (Lipinski definition) is 4. The topological polar surface area (TPSA) is 49.9 Å². The zero-order chi connectivity index (χ0) is 19.0. The van der Waals surface area contributed by atoms with Gasteiger partial charge in [0.2, 0.25) is 0 Å². The number of benzene rings is 2. The number of aryl methyl sites for hydroxylation is 1. The third-order valence-electron chi connectivity index (χ3n) is 5.12. The van der Waals surface area contributed by atoms with Crippen LogP contribution in [0.2, 0.25) is 0 Å². The van der Waals surface area contributed by atoms with Crippen molar-refractivity contribution in [3.63, 3.8) is 0 Å². The number of imide groups is 1. The zero-order valence-corrected chi connectivity index (χ0v) is 15.6. The minimum Gasteiger partial charge on any atom is -0.496 e. The highest BCUT2D eigenvalue weighted by Gasteiger charge is 2.43. The second kappa shape index (κ2) is 6.91. The molecule has 0 N–H and O–H groups in total. The summed E-state index contributed by atoms with van der Waals surface area (Å²) in [6.45, 7) is 3.52. The predicted molar refractivity (Wildman–Crippen MR) is 104 cm³/mol. The number of carbonyl (C=O) groups is 2. The quantitative estimate of drug-likeness (QED) is 0.783. The molecule has 2 heterocycles. The lowest BCUT2D eigenvalue weighted by molar-refractivity contribution is -0.120. The van der Waals surface area contributed by atoms with E-state index in [1.54, 1.807) is 13.2 Å². The summed E-state index contributed by atoms with van der Waals surface area (Å²) in [7, 11) is 1.58. The molecule has 1 saturated heterocycles. The maximum atomic E-state index is 13.4. The number of carbonyl (C=O) groups excluding carboxylic acids is 2. The normalized spacial score (nSPS) is 17.3. The molecule has 0 radical (unpaired) electrons. The summed E-state index contributed by atoms with van der Waals surface area (Å²) in [5.74, 6) is 0.0434. The minimum atomic E-state index is -0.294. The average molecular weight is 362 g/mol. The SMILES string of the molecule is COc1ccccc1C1=C(N2CCCC2)C(=O)N(c2cccc(C)c2)C1=O. The van der Waals surface area contributed by atoms with Gasteiger partial charge in [0.05, 0.1) is 18.4 Å². The van der Waals surface area contributed by atoms with Crippen LogP contribution in [0.1, 0.15) is 24.0 Å². The molecule has 1 fully saturated rings. The molecule has 4 rings (SSSR count). The lowest BCUT2D eigenvalue weighted by Gasteiger charge is -2.20. The molecule has 138 valence electrons. The van der Waals surface area contributed by atoms with Crippen LogP contribution in [0.25, 0.3) is 5.57 Å². The van der Waals surface area contributed by atoms with Crippen LogP contribution < -0.4 is 9.64 Å². The summed E-state index contributed by atoms with van der Waals surface area (Å²) in [5, 5.41) is 0. The van der Waals surface area contributed by atoms with Crippen molar-refractivity contribution < 1.29 is 14.3 Å². The van der Waals surface area contributed by atoms with Gasteiger partial charge in [-0.15, -0.1) is 0 Å². The third kappa shape index (κ3) is 2.89. The second-order valence-electron chi connectivity index (χ2n) is 6.90. The van der Waals surface area contributed by atoms with Gasteiger partial charge in [-0.3, -0.25) is 9.59 Å². The Labute approximate surface area is 158 Å². The van der Waals surface area contributed by atoms with Gasteiger partial charge in [-0.1, -0.05) is 30.3 Å². The third-order valence-corrected chi connectivity index (χ3v) is 5.12. The molecule has 2 aliphatic rings. The molecule has 0 unspecified atom stereocenters. The Morgan fingerprint density at radius 2 is 1.67 bits per heavy atom. The highest BCUT2D eigenvalue weighted by atomic mass is 16.5. The van der Waals surface area contributed by atoms with E-state index in [0.717, 1.165) is 31.5 Å². The summed E-state index contributed by atoms with van der Waals surface area (Å²) in [6, 6.07) is 14.9. The first-order chi connectivity index (χ1) is 13.1. The molecule has 5 nitrogen and oxygen atoms in total. The first-order valence-corrected chi connectivity index (χ1v) is 9.20. The largest absolute Gasteiger partial charge is 0.496 e. The number of likely N-dealkylation sites (tertiary alicyclic amines) is 1. The molecule has 0 aromatic heterocycles. The van der Waals surface area contributed by atoms with Gasteiger partial charge in [0.15, 0.2) is 0 Å². The number of amides is 2. The van der Waals surface area contributed by atoms with Crippen molar-refractivity contribution in [2.45, 2.75) is 19.8 Å². The van der Waals surface area contributed by atoms with Crippen molar-refractivity contribution >= 4 is 23.1 Å². The van der Waals surface area contributed by atoms with Crippen molar-refractivity contribution in [1.82, 2.24) is 4.90 Å². The van der Waals surface area contributed by atoms with E-state index < -0.39 is 0 Å². The lowest BCUT2D eigenvalue weighted by atomic mass is 10.0. The molecule has 2 aromatic carbocycles. The van der Waals surface area contributed by atoms with E-state index in [9.17, 15) is 9.59 Å². The highest BCUT2D eigenvalue weighted by Crippen LogP contribution is 2.39. The molecule has 5 heteroatoms. The molecule has 27 heavy (non-hydrogen) atoms. The molecule has 0 aliphatic carbocycles. The molecule has 0 atom stereocenters. The van der Waals surface area contributed by atoms with Gasteiger partial charge in [-0.2, -0.15) is 0 Å². The van der Waals surface area contributed by atoms with Crippen LogP contribution in [0.4, 0.5) is 5.69 Å². The van der Waals surface area contributed by atoms with Gasteiger partial charge in [0, 0.05) is 18.7 Å². The Bertz CT molecular complexity index is 942. The zero-order valence-electron chi connectivity index (χ0n) is 15.6. The number of ether oxygens (including phenoxy) is 1. The summed E-state index contributed by atoms with van der Waals surface area (Å²) in [4.78, 5) is 30.1. The summed E-state index contributed by atoms with van der Waals surface area (Å²) in [5.41, 5.74) is 3.19. The maximum Gasteiger partial charge on any atom is 0.282 e. The van der Waals surface area contributed by atoms with E-state index in [2.05, 4.69) is 0 Å². The summed E-state index contributed by atoms with van der Waals surface area (Å²) < 4.78 is 5.48. The van der Waals surface area contributed by atoms with E-state index in [0.29, 0.717) is 28.3 Å². The fourth-order valence-electron chi connectivity index (χ4n) is 3.85. The summed E-state index contributed by atoms with van der Waals surface area (Å²) in [6.07, 6.45) is 2.04. The molecule has 2 aromatic rings. The van der Waals surface area contributed by atoms with Crippen LogP contribution in [0, 0.1) is 6.92 Å². The van der Waals surface area contributed by atoms with E-state index in [-0.39, 0.29) is 11.8 Å². The molecule has 0 saturated carbocycles. The molecular formula is C22H22N2O3. The first kappa shape index (κ1) is 17.3. The molecule has 2 aliphatic heterocycles. The van der Waals surface area contributed by atoms with Gasteiger partial charge >= 0.3 is 0 Å². The van der Waals surface area contributed by atoms with E-state index in [1.165, 1.54) is 4.90 Å². The van der Waals surface area contributed by atoms with Gasteiger partial charge in [0.25, 0.3) is 11.8 Å². The Morgan fingerprint density at radius 3 is 2.37 bits per heavy atom. The van der Waals surface area contributed by atoms with Crippen LogP contribution in [-0.2, 0) is 9.59 Å². The second-order valence-corrected chi connectivity index (χ2v) is 6.90. The standard InChI is InChI=1S/C22H22N2O3/c1-15-8-7-9-16(14-15)24-21(25)19(17-10-3-4-11-18(17)27-2)20(22(24)26)23-12-5-6-13-23/h3-4,7-11,14H,5-6,12-13H2,1-2H3. The van der Waals surface area contributed by atoms with Crippen molar-refractivity contribution in [1.29, 1.82) is 0 Å². The van der Waals surface area contributed by atoms with Crippen molar-refractivity contribution in [3.05, 3.63) is 65.4 Å². The van der Waals surface area contributed by atoms with Crippen LogP contribution in [0.3, 0.4) is 0 Å². The van der Waals surface area contributed by atoms with Crippen molar-refractivity contribution in [2.24, 2.45) is 0 Å². The van der Waals surface area contributed by atoms with E-state index in [1.807, 2.05) is 54.3 Å². The lowest BCUT2D eigenvalue weighted by Crippen LogP contribution is -2.34. The predicted octanol–water partition coefficient (Wildman–Crippen LogP) is 3.38. The maximum absolute atomic E-state index is 13.4. The fraction of sp³-hybridized carbons (Fsp3) is 0.273. The van der Waals surface area contributed by atoms with Crippen LogP contribution >= 0.6 is 0 Å². The van der Waals surface area contributed by atoms with Crippen molar-refractivity contribution in [2.75, 3.05) is 25.1 Å². The Balaban J connectivity index is 1.88. The number of rotatable bonds is 4. The van der Waals surface area contributed by atoms with Gasteiger partial charge in [-0.25, -0.2) is 4.90 Å². The van der Waals surface area contributed by atoms with Crippen LogP contribution in [0.15, 0.2) is 54.2 Å². The Morgan fingerprint density at radius 1 is 0.926 bits per heavy atom. The number of methoxy groups -OCH3 is 1. The number of anilines is 1. The van der Waals surface area contributed by atoms with Crippen LogP contribution in [-0.4, -0.2) is 36.9 Å². The number of para-hydroxylation sites is 1. The minimum absolute atomic E-state index is 0.256. The van der Waals surface area contributed by atoms with Crippen molar-refractivity contribution in [3.8, 4) is 5.75 Å². The molecule has 0 bridgehead atoms. The van der Waals surface area contributed by atoms with E-state index in [4.69, 9.17) is 4.74 Å². The molecule has 2 amide bonds. The average Bonchev–Trinajstić information content (AvgIpc) is 3.28. The highest BCUT2D eigenvalue weighted by molar-refractivity contribution is 6.45. The Hall–Kier alpha value is -3.08. The molecule has 0 spiro atoms. The Kier molecular flexibility index (Phi) is 4.44. The van der Waals surface area contributed by atoms with Gasteiger partial charge in [-0.05, 0) is 43.5 Å². The monoisotopic (exact) mass is 362 g/mol. The first-order valence-electron chi connectivity index (χ1n) is 9.20. The number of hydrogen-bond donors (Lipinski definition) is 0. The van der Waals surface area contributed by atoms with Gasteiger partial charge in [0.1, 0.15) is 11.4 Å². The van der Waals surface area contributed by atoms with Gasteiger partial charge < -0.3 is 9.64 Å². The van der Waals surface area contributed by atoms with E-state index >= 15 is 0 Å². The molecular weight excluding hydrogens is 340 g/mol. The smallest absolute Gasteiger partial charge is 0.282 e. The summed E-state index contributed by atoms with van der Waals surface area (Å²) >= 11 is 0. The fourth-order valence-corrected chi connectivity index (χ4v) is 3.85. The van der Waals surface area contributed by atoms with Crippen LogP contribution in [0.5, 0.6) is 5.75 Å². The number of nitrogens with zero attached hydrogens (tertiary/aromatic N) is 2.